The van der Waals surface area contributed by atoms with Gasteiger partial charge in [0.2, 0.25) is 0 Å². The zero-order valence-electron chi connectivity index (χ0n) is 16.2. The highest BCUT2D eigenvalue weighted by atomic mass is 79.9. The van der Waals surface area contributed by atoms with Crippen molar-refractivity contribution in [2.75, 3.05) is 19.4 Å². The van der Waals surface area contributed by atoms with Gasteiger partial charge in [-0.2, -0.15) is 0 Å². The average molecular weight is 472 g/mol. The van der Waals surface area contributed by atoms with Gasteiger partial charge in [0.1, 0.15) is 17.4 Å². The summed E-state index contributed by atoms with van der Waals surface area (Å²) in [6.07, 6.45) is 0.632. The number of pyridine rings is 1. The lowest BCUT2D eigenvalue weighted by Gasteiger charge is -2.33. The number of hydrogen-bond acceptors (Lipinski definition) is 5. The summed E-state index contributed by atoms with van der Waals surface area (Å²) in [5, 5.41) is 0.700. The summed E-state index contributed by atoms with van der Waals surface area (Å²) < 4.78 is 27.1. The lowest BCUT2D eigenvalue weighted by molar-refractivity contribution is 0.0682. The van der Waals surface area contributed by atoms with Crippen LogP contribution in [0.5, 0.6) is 5.75 Å². The van der Waals surface area contributed by atoms with Crippen LogP contribution in [0.4, 0.5) is 10.2 Å². The third-order valence-electron chi connectivity index (χ3n) is 5.82. The fourth-order valence-corrected chi connectivity index (χ4v) is 4.57. The van der Waals surface area contributed by atoms with Crippen molar-refractivity contribution >= 4 is 38.6 Å². The molecule has 30 heavy (non-hydrogen) atoms. The predicted molar refractivity (Wildman–Crippen MR) is 114 cm³/mol. The van der Waals surface area contributed by atoms with Gasteiger partial charge >= 0.3 is 0 Å². The van der Waals surface area contributed by atoms with Gasteiger partial charge in [0.05, 0.1) is 36.9 Å². The molecule has 154 valence electrons. The van der Waals surface area contributed by atoms with Crippen LogP contribution in [-0.4, -0.2) is 29.4 Å². The minimum Gasteiger partial charge on any atom is -0.493 e. The SMILES string of the molecule is CN(C(=O)c1cc2c3c(c(N)nc2cc1F)COC3)C1CCOc2cc(Br)ccc21. The van der Waals surface area contributed by atoms with Crippen LogP contribution in [0.25, 0.3) is 10.9 Å². The van der Waals surface area contributed by atoms with E-state index in [-0.39, 0.29) is 17.5 Å². The van der Waals surface area contributed by atoms with Gasteiger partial charge in [0.15, 0.2) is 0 Å². The van der Waals surface area contributed by atoms with Crippen LogP contribution in [0.1, 0.15) is 39.5 Å². The summed E-state index contributed by atoms with van der Waals surface area (Å²) >= 11 is 3.44. The van der Waals surface area contributed by atoms with E-state index in [1.165, 1.54) is 6.07 Å². The number of benzene rings is 2. The number of rotatable bonds is 2. The van der Waals surface area contributed by atoms with Crippen LogP contribution < -0.4 is 10.5 Å². The smallest absolute Gasteiger partial charge is 0.257 e. The Labute approximate surface area is 180 Å². The van der Waals surface area contributed by atoms with E-state index in [4.69, 9.17) is 15.2 Å². The number of hydrogen-bond donors (Lipinski definition) is 1. The third kappa shape index (κ3) is 3.02. The second-order valence-corrected chi connectivity index (χ2v) is 8.46. The van der Waals surface area contributed by atoms with E-state index in [0.29, 0.717) is 43.0 Å². The van der Waals surface area contributed by atoms with Gasteiger partial charge in [0, 0.05) is 40.5 Å². The molecule has 2 aliphatic heterocycles. The highest BCUT2D eigenvalue weighted by molar-refractivity contribution is 9.10. The maximum atomic E-state index is 14.9. The Morgan fingerprint density at radius 2 is 2.07 bits per heavy atom. The van der Waals surface area contributed by atoms with Crippen LogP contribution in [0.2, 0.25) is 0 Å². The third-order valence-corrected chi connectivity index (χ3v) is 6.31. The number of nitrogen functional groups attached to an aromatic ring is 1. The van der Waals surface area contributed by atoms with Gasteiger partial charge in [-0.3, -0.25) is 4.79 Å². The van der Waals surface area contributed by atoms with E-state index in [2.05, 4.69) is 20.9 Å². The largest absolute Gasteiger partial charge is 0.493 e. The number of anilines is 1. The van der Waals surface area contributed by atoms with Gasteiger partial charge in [-0.05, 0) is 23.8 Å². The fourth-order valence-electron chi connectivity index (χ4n) is 4.23. The summed E-state index contributed by atoms with van der Waals surface area (Å²) in [5.41, 5.74) is 9.01. The first-order chi connectivity index (χ1) is 14.4. The molecule has 0 saturated heterocycles. The minimum absolute atomic E-state index is 0.0100. The average Bonchev–Trinajstić information content (AvgIpc) is 3.22. The molecule has 3 aromatic rings. The van der Waals surface area contributed by atoms with Crippen molar-refractivity contribution in [2.24, 2.45) is 0 Å². The summed E-state index contributed by atoms with van der Waals surface area (Å²) in [6, 6.07) is 8.37. The summed E-state index contributed by atoms with van der Waals surface area (Å²) in [7, 11) is 1.70. The second-order valence-electron chi connectivity index (χ2n) is 7.55. The van der Waals surface area contributed by atoms with Crippen molar-refractivity contribution < 1.29 is 18.7 Å². The second kappa shape index (κ2) is 7.21. The maximum Gasteiger partial charge on any atom is 0.257 e. The van der Waals surface area contributed by atoms with Crippen molar-refractivity contribution in [1.82, 2.24) is 9.88 Å². The molecule has 8 heteroatoms. The fraction of sp³-hybridized carbons (Fsp3) is 0.273. The molecule has 2 aromatic carbocycles. The lowest BCUT2D eigenvalue weighted by Crippen LogP contribution is -2.34. The Morgan fingerprint density at radius 1 is 1.27 bits per heavy atom. The molecule has 5 rings (SSSR count). The molecule has 2 aliphatic rings. The predicted octanol–water partition coefficient (Wildman–Crippen LogP) is 4.34. The Kier molecular flexibility index (Phi) is 4.63. The van der Waals surface area contributed by atoms with Gasteiger partial charge in [0.25, 0.3) is 5.91 Å². The molecule has 1 aromatic heterocycles. The molecular weight excluding hydrogens is 453 g/mol. The molecule has 1 unspecified atom stereocenters. The molecule has 0 fully saturated rings. The molecule has 1 amide bonds. The normalized spacial score (nSPS) is 17.4. The molecule has 0 bridgehead atoms. The summed E-state index contributed by atoms with van der Waals surface area (Å²) in [6.45, 7) is 1.23. The number of nitrogens with zero attached hydrogens (tertiary/aromatic N) is 2. The number of aromatic nitrogens is 1. The van der Waals surface area contributed by atoms with E-state index >= 15 is 0 Å². The zero-order chi connectivity index (χ0) is 21.0. The number of halogens is 2. The molecular formula is C22H19BrFN3O3. The number of fused-ring (bicyclic) bond motifs is 4. The number of ether oxygens (including phenoxy) is 2. The van der Waals surface area contributed by atoms with E-state index in [1.807, 2.05) is 18.2 Å². The van der Waals surface area contributed by atoms with Crippen molar-refractivity contribution in [2.45, 2.75) is 25.7 Å². The molecule has 1 atom stereocenters. The standard InChI is InChI=1S/C22H19BrFN3O3/c1-27(19-4-5-30-20-6-11(23)2-3-12(19)20)22(28)14-7-13-15-9-29-10-16(15)21(25)26-18(13)8-17(14)24/h2-3,6-8,19H,4-5,9-10H2,1H3,(H2,25,26). The summed E-state index contributed by atoms with van der Waals surface area (Å²) in [5.74, 6) is 0.0670. The van der Waals surface area contributed by atoms with Gasteiger partial charge in [-0.15, -0.1) is 0 Å². The lowest BCUT2D eigenvalue weighted by atomic mass is 9.97. The van der Waals surface area contributed by atoms with Gasteiger partial charge in [-0.25, -0.2) is 9.37 Å². The number of nitrogens with two attached hydrogens (primary N) is 1. The molecule has 0 spiro atoms. The molecule has 0 radical (unpaired) electrons. The monoisotopic (exact) mass is 471 g/mol. The van der Waals surface area contributed by atoms with Crippen LogP contribution in [0, 0.1) is 5.82 Å². The zero-order valence-corrected chi connectivity index (χ0v) is 17.8. The Balaban J connectivity index is 1.55. The molecule has 0 saturated carbocycles. The Morgan fingerprint density at radius 3 is 2.90 bits per heavy atom. The van der Waals surface area contributed by atoms with Crippen molar-refractivity contribution in [3.8, 4) is 5.75 Å². The molecule has 0 aliphatic carbocycles. The van der Waals surface area contributed by atoms with Crippen LogP contribution in [-0.2, 0) is 18.0 Å². The first kappa shape index (κ1) is 19.3. The quantitative estimate of drug-likeness (QED) is 0.601. The number of amides is 1. The molecule has 3 heterocycles. The van der Waals surface area contributed by atoms with Gasteiger partial charge < -0.3 is 20.1 Å². The highest BCUT2D eigenvalue weighted by Crippen LogP contribution is 2.38. The van der Waals surface area contributed by atoms with E-state index < -0.39 is 5.82 Å². The van der Waals surface area contributed by atoms with Crippen LogP contribution in [0.15, 0.2) is 34.8 Å². The highest BCUT2D eigenvalue weighted by Gasteiger charge is 2.30. The van der Waals surface area contributed by atoms with E-state index in [9.17, 15) is 9.18 Å². The van der Waals surface area contributed by atoms with Crippen molar-refractivity contribution in [1.29, 1.82) is 0 Å². The van der Waals surface area contributed by atoms with Gasteiger partial charge in [-0.1, -0.05) is 22.0 Å². The topological polar surface area (TPSA) is 77.7 Å². The van der Waals surface area contributed by atoms with Crippen LogP contribution >= 0.6 is 15.9 Å². The number of carbonyl (C=O) groups excluding carboxylic acids is 1. The summed E-state index contributed by atoms with van der Waals surface area (Å²) in [4.78, 5) is 19.2. The Hall–Kier alpha value is -2.71. The van der Waals surface area contributed by atoms with Crippen molar-refractivity contribution in [3.05, 3.63) is 62.9 Å². The molecule has 6 nitrogen and oxygen atoms in total. The Bertz CT molecular complexity index is 1200. The minimum atomic E-state index is -0.617. The molecule has 2 N–H and O–H groups in total. The van der Waals surface area contributed by atoms with Crippen LogP contribution in [0.3, 0.4) is 0 Å². The first-order valence-electron chi connectivity index (χ1n) is 9.61. The first-order valence-corrected chi connectivity index (χ1v) is 10.4. The van der Waals surface area contributed by atoms with E-state index in [0.717, 1.165) is 26.9 Å². The number of carbonyl (C=O) groups is 1. The van der Waals surface area contributed by atoms with Crippen molar-refractivity contribution in [3.63, 3.8) is 0 Å². The maximum absolute atomic E-state index is 14.9. The van der Waals surface area contributed by atoms with E-state index in [1.54, 1.807) is 18.0 Å².